The van der Waals surface area contributed by atoms with Crippen LogP contribution in [-0.2, 0) is 11.3 Å². The van der Waals surface area contributed by atoms with Crippen LogP contribution in [0.25, 0.3) is 0 Å². The number of aromatic nitrogens is 1. The maximum Gasteiger partial charge on any atom is 0.573 e. The number of anilines is 2. The highest BCUT2D eigenvalue weighted by molar-refractivity contribution is 6.21. The number of pyridine rings is 1. The van der Waals surface area contributed by atoms with Crippen molar-refractivity contribution in [3.63, 3.8) is 0 Å². The molecule has 1 aliphatic heterocycles. The fourth-order valence-electron chi connectivity index (χ4n) is 2.71. The van der Waals surface area contributed by atoms with Crippen LogP contribution in [0.4, 0.5) is 29.3 Å². The van der Waals surface area contributed by atoms with Crippen LogP contribution in [0.2, 0.25) is 0 Å². The number of rotatable bonds is 4. The molecule has 10 heteroatoms. The molecule has 0 spiro atoms. The lowest BCUT2D eigenvalue weighted by Crippen LogP contribution is -2.33. The molecule has 27 heavy (non-hydrogen) atoms. The minimum atomic E-state index is -4.82. The first-order chi connectivity index (χ1) is 12.7. The van der Waals surface area contributed by atoms with Gasteiger partial charge in [-0.3, -0.25) is 9.78 Å². The van der Waals surface area contributed by atoms with Gasteiger partial charge in [0.25, 0.3) is 5.91 Å². The number of hydrogen-bond donors (Lipinski definition) is 1. The minimum Gasteiger partial charge on any atom is -0.406 e. The fraction of sp³-hybridized carbons (Fsp3) is 0.235. The molecule has 1 fully saturated rings. The number of hydrogen-bond acceptors (Lipinski definition) is 5. The zero-order chi connectivity index (χ0) is 19.8. The quantitative estimate of drug-likeness (QED) is 0.824. The van der Waals surface area contributed by atoms with Crippen LogP contribution in [0.15, 0.2) is 42.7 Å². The Morgan fingerprint density at radius 2 is 1.85 bits per heavy atom. The van der Waals surface area contributed by atoms with Crippen molar-refractivity contribution >= 4 is 23.3 Å². The smallest absolute Gasteiger partial charge is 0.406 e. The van der Waals surface area contributed by atoms with Crippen molar-refractivity contribution in [1.82, 2.24) is 9.88 Å². The molecule has 1 saturated heterocycles. The van der Waals surface area contributed by atoms with Gasteiger partial charge in [-0.1, -0.05) is 0 Å². The van der Waals surface area contributed by atoms with Gasteiger partial charge in [-0.05, 0) is 42.8 Å². The molecule has 3 rings (SSSR count). The summed E-state index contributed by atoms with van der Waals surface area (Å²) in [6, 6.07) is 4.81. The van der Waals surface area contributed by atoms with E-state index in [4.69, 9.17) is 5.73 Å². The fourth-order valence-corrected chi connectivity index (χ4v) is 2.71. The minimum absolute atomic E-state index is 0.103. The number of amides is 3. The summed E-state index contributed by atoms with van der Waals surface area (Å²) in [6.07, 6.45) is -1.86. The van der Waals surface area contributed by atoms with Gasteiger partial charge in [0.05, 0.1) is 24.1 Å². The lowest BCUT2D eigenvalue weighted by atomic mass is 10.2. The van der Waals surface area contributed by atoms with Gasteiger partial charge >= 0.3 is 12.4 Å². The molecule has 1 aromatic carbocycles. The van der Waals surface area contributed by atoms with E-state index < -0.39 is 30.1 Å². The highest BCUT2D eigenvalue weighted by Gasteiger charge is 2.43. The van der Waals surface area contributed by atoms with E-state index >= 15 is 0 Å². The Bertz CT molecular complexity index is 870. The van der Waals surface area contributed by atoms with Crippen molar-refractivity contribution in [1.29, 1.82) is 0 Å². The molecule has 1 unspecified atom stereocenters. The molecular formula is C17H15F3N4O3. The molecule has 1 atom stereocenters. The topological polar surface area (TPSA) is 88.8 Å². The van der Waals surface area contributed by atoms with Crippen LogP contribution in [0.5, 0.6) is 5.75 Å². The van der Waals surface area contributed by atoms with Gasteiger partial charge in [-0.2, -0.15) is 0 Å². The third-order valence-electron chi connectivity index (χ3n) is 4.10. The highest BCUT2D eigenvalue weighted by Crippen LogP contribution is 2.30. The normalized spacial score (nSPS) is 17.6. The summed E-state index contributed by atoms with van der Waals surface area (Å²) in [5, 5.41) is 0. The largest absolute Gasteiger partial charge is 0.573 e. The zero-order valence-corrected chi connectivity index (χ0v) is 14.1. The number of urea groups is 1. The maximum absolute atomic E-state index is 12.7. The number of halogens is 3. The molecule has 7 nitrogen and oxygen atoms in total. The lowest BCUT2D eigenvalue weighted by Gasteiger charge is -2.20. The van der Waals surface area contributed by atoms with Crippen LogP contribution in [0, 0.1) is 0 Å². The Morgan fingerprint density at radius 1 is 1.19 bits per heavy atom. The summed E-state index contributed by atoms with van der Waals surface area (Å²) >= 11 is 0. The number of nitrogens with zero attached hydrogens (tertiary/aromatic N) is 3. The number of nitrogens with two attached hydrogens (primary N) is 1. The number of nitrogen functional groups attached to an aromatic ring is 1. The van der Waals surface area contributed by atoms with Crippen LogP contribution < -0.4 is 15.4 Å². The summed E-state index contributed by atoms with van der Waals surface area (Å²) in [4.78, 5) is 31.4. The van der Waals surface area contributed by atoms with Crippen molar-refractivity contribution in [2.24, 2.45) is 0 Å². The number of ether oxygens (including phenoxy) is 1. The Balaban J connectivity index is 1.82. The zero-order valence-electron chi connectivity index (χ0n) is 14.1. The predicted octanol–water partition coefficient (Wildman–Crippen LogP) is 2.92. The summed E-state index contributed by atoms with van der Waals surface area (Å²) in [6.45, 7) is 1.67. The molecule has 2 heterocycles. The summed E-state index contributed by atoms with van der Waals surface area (Å²) in [7, 11) is 0. The van der Waals surface area contributed by atoms with Gasteiger partial charge in [0.15, 0.2) is 0 Å². The van der Waals surface area contributed by atoms with Crippen molar-refractivity contribution in [2.75, 3.05) is 10.6 Å². The number of alkyl halides is 3. The molecular weight excluding hydrogens is 365 g/mol. The van der Waals surface area contributed by atoms with E-state index in [-0.39, 0.29) is 12.2 Å². The van der Waals surface area contributed by atoms with E-state index in [0.717, 1.165) is 17.0 Å². The first-order valence-electron chi connectivity index (χ1n) is 7.86. The van der Waals surface area contributed by atoms with E-state index in [1.807, 2.05) is 0 Å². The Hall–Kier alpha value is -3.30. The van der Waals surface area contributed by atoms with Gasteiger partial charge in [0.1, 0.15) is 11.8 Å². The first-order valence-corrected chi connectivity index (χ1v) is 7.86. The van der Waals surface area contributed by atoms with E-state index in [1.165, 1.54) is 29.4 Å². The molecule has 0 bridgehead atoms. The highest BCUT2D eigenvalue weighted by atomic mass is 19.4. The summed E-state index contributed by atoms with van der Waals surface area (Å²) in [5.74, 6) is -0.933. The van der Waals surface area contributed by atoms with Crippen LogP contribution in [0.3, 0.4) is 0 Å². The first kappa shape index (κ1) is 18.5. The SMILES string of the molecule is CC1C(=O)N(c2ccc(OC(F)(F)F)cc2)C(=O)N1Cc1ccncc1N. The van der Waals surface area contributed by atoms with E-state index in [9.17, 15) is 22.8 Å². The lowest BCUT2D eigenvalue weighted by molar-refractivity contribution is -0.274. The second-order valence-corrected chi connectivity index (χ2v) is 5.88. The molecule has 0 radical (unpaired) electrons. The third-order valence-corrected chi connectivity index (χ3v) is 4.10. The molecule has 0 aliphatic carbocycles. The monoisotopic (exact) mass is 380 g/mol. The van der Waals surface area contributed by atoms with Gasteiger partial charge < -0.3 is 15.4 Å². The second-order valence-electron chi connectivity index (χ2n) is 5.88. The van der Waals surface area contributed by atoms with Crippen molar-refractivity contribution in [2.45, 2.75) is 25.9 Å². The van der Waals surface area contributed by atoms with Crippen LogP contribution in [-0.4, -0.2) is 34.2 Å². The Morgan fingerprint density at radius 3 is 2.44 bits per heavy atom. The number of benzene rings is 1. The average Bonchev–Trinajstić information content (AvgIpc) is 2.80. The van der Waals surface area contributed by atoms with Gasteiger partial charge in [-0.15, -0.1) is 13.2 Å². The van der Waals surface area contributed by atoms with Crippen LogP contribution in [0.1, 0.15) is 12.5 Å². The average molecular weight is 380 g/mol. The van der Waals surface area contributed by atoms with E-state index in [2.05, 4.69) is 9.72 Å². The van der Waals surface area contributed by atoms with E-state index in [1.54, 1.807) is 13.0 Å². The maximum atomic E-state index is 12.7. The number of imide groups is 1. The van der Waals surface area contributed by atoms with Crippen molar-refractivity contribution in [3.8, 4) is 5.75 Å². The van der Waals surface area contributed by atoms with Gasteiger partial charge in [0, 0.05) is 6.20 Å². The van der Waals surface area contributed by atoms with Gasteiger partial charge in [-0.25, -0.2) is 9.69 Å². The summed E-state index contributed by atoms with van der Waals surface area (Å²) < 4.78 is 40.5. The molecule has 2 aromatic rings. The molecule has 1 aromatic heterocycles. The Kier molecular flexibility index (Phi) is 4.64. The molecule has 142 valence electrons. The molecule has 1 aliphatic rings. The Labute approximate surface area is 152 Å². The van der Waals surface area contributed by atoms with Gasteiger partial charge in [0.2, 0.25) is 0 Å². The van der Waals surface area contributed by atoms with Crippen molar-refractivity contribution in [3.05, 3.63) is 48.3 Å². The summed E-state index contributed by atoms with van der Waals surface area (Å²) in [5.41, 5.74) is 7.00. The second kappa shape index (κ2) is 6.78. The number of carbonyl (C=O) groups excluding carboxylic acids is 2. The standard InChI is InChI=1S/C17H15F3N4O3/c1-10-15(25)24(12-2-4-13(5-3-12)27-17(18,19)20)16(26)23(10)9-11-6-7-22-8-14(11)21/h2-8,10H,9,21H2,1H3. The third kappa shape index (κ3) is 3.78. The molecule has 3 amide bonds. The molecule has 2 N–H and O–H groups in total. The van der Waals surface area contributed by atoms with Crippen molar-refractivity contribution < 1.29 is 27.5 Å². The van der Waals surface area contributed by atoms with Crippen LogP contribution >= 0.6 is 0 Å². The molecule has 0 saturated carbocycles. The number of carbonyl (C=O) groups is 2. The van der Waals surface area contributed by atoms with E-state index in [0.29, 0.717) is 11.3 Å². The predicted molar refractivity (Wildman–Crippen MR) is 89.7 cm³/mol.